The van der Waals surface area contributed by atoms with Crippen molar-refractivity contribution >= 4 is 17.3 Å². The number of ether oxygens (including phenoxy) is 2. The van der Waals surface area contributed by atoms with E-state index in [1.807, 2.05) is 18.2 Å². The monoisotopic (exact) mass is 358 g/mol. The Hall–Kier alpha value is -2.47. The van der Waals surface area contributed by atoms with Crippen molar-refractivity contribution in [2.24, 2.45) is 4.99 Å². The highest BCUT2D eigenvalue weighted by Gasteiger charge is 2.24. The summed E-state index contributed by atoms with van der Waals surface area (Å²) in [4.78, 5) is 30.4. The number of carbonyl (C=O) groups excluding carboxylic acids is 2. The fraction of sp³-hybridized carbons (Fsp3) is 0.450. The van der Waals surface area contributed by atoms with E-state index in [1.165, 1.54) is 13.2 Å². The zero-order valence-electron chi connectivity index (χ0n) is 15.7. The van der Waals surface area contributed by atoms with Gasteiger partial charge in [-0.05, 0) is 19.0 Å². The number of allylic oxidation sites excluding steroid dienone is 2. The first-order valence-electron chi connectivity index (χ1n) is 8.79. The van der Waals surface area contributed by atoms with Gasteiger partial charge in [-0.3, -0.25) is 19.5 Å². The number of para-hydroxylation sites is 1. The first kappa shape index (κ1) is 19.8. The van der Waals surface area contributed by atoms with E-state index in [9.17, 15) is 9.59 Å². The molecule has 0 spiro atoms. The summed E-state index contributed by atoms with van der Waals surface area (Å²) in [5.74, 6) is 0.571. The maximum Gasteiger partial charge on any atom is 0.203 e. The van der Waals surface area contributed by atoms with Crippen molar-refractivity contribution < 1.29 is 19.1 Å². The van der Waals surface area contributed by atoms with Crippen LogP contribution < -0.4 is 4.74 Å². The third kappa shape index (κ3) is 5.26. The Morgan fingerprint density at radius 2 is 1.92 bits per heavy atom. The van der Waals surface area contributed by atoms with Crippen molar-refractivity contribution in [3.8, 4) is 5.75 Å². The van der Waals surface area contributed by atoms with Crippen molar-refractivity contribution in [3.05, 3.63) is 41.7 Å². The van der Waals surface area contributed by atoms with Crippen molar-refractivity contribution in [1.29, 1.82) is 0 Å². The predicted octanol–water partition coefficient (Wildman–Crippen LogP) is 2.42. The summed E-state index contributed by atoms with van der Waals surface area (Å²) < 4.78 is 10.3. The molecule has 0 fully saturated rings. The van der Waals surface area contributed by atoms with Crippen molar-refractivity contribution in [1.82, 2.24) is 4.90 Å². The number of aliphatic imine (C=N–C) groups is 1. The topological polar surface area (TPSA) is 68.2 Å². The number of Topliss-reactive ketones (excluding diaryl/α,β-unsaturated/α-hetero) is 1. The van der Waals surface area contributed by atoms with Crippen LogP contribution in [-0.2, 0) is 20.9 Å². The van der Waals surface area contributed by atoms with E-state index in [-0.39, 0.29) is 23.7 Å². The van der Waals surface area contributed by atoms with E-state index in [2.05, 4.69) is 22.9 Å². The van der Waals surface area contributed by atoms with E-state index in [0.29, 0.717) is 12.3 Å². The third-order valence-electron chi connectivity index (χ3n) is 4.34. The molecule has 2 rings (SSSR count). The minimum atomic E-state index is -0.234. The van der Waals surface area contributed by atoms with Gasteiger partial charge < -0.3 is 9.47 Å². The predicted molar refractivity (Wildman–Crippen MR) is 101 cm³/mol. The summed E-state index contributed by atoms with van der Waals surface area (Å²) in [6.07, 6.45) is 2.07. The molecular weight excluding hydrogens is 332 g/mol. The second kappa shape index (κ2) is 9.87. The van der Waals surface area contributed by atoms with E-state index < -0.39 is 0 Å². The van der Waals surface area contributed by atoms with Gasteiger partial charge in [-0.2, -0.15) is 0 Å². The average Bonchev–Trinajstić information content (AvgIpc) is 2.66. The van der Waals surface area contributed by atoms with Crippen LogP contribution in [0.15, 0.2) is 41.1 Å². The summed E-state index contributed by atoms with van der Waals surface area (Å²) in [6, 6.07) is 7.99. The minimum Gasteiger partial charge on any atom is -0.496 e. The van der Waals surface area contributed by atoms with Gasteiger partial charge in [0.05, 0.1) is 26.4 Å². The lowest BCUT2D eigenvalue weighted by atomic mass is 10.0. The number of hydrogen-bond donors (Lipinski definition) is 0. The maximum atomic E-state index is 11.9. The van der Waals surface area contributed by atoms with E-state index in [0.717, 1.165) is 37.4 Å². The van der Waals surface area contributed by atoms with Crippen LogP contribution in [0.1, 0.15) is 25.3 Å². The standard InChI is InChI=1S/C20H26N2O4/c1-4-22(14-15-8-5-6-9-19(15)25-2)11-7-10-21-16-12-18(24)20(26-3)13-17(16)23/h5-6,8-9,13H,4,7,10-12,14H2,1-3H3. The molecule has 0 bridgehead atoms. The van der Waals surface area contributed by atoms with Gasteiger partial charge in [0.1, 0.15) is 5.75 Å². The van der Waals surface area contributed by atoms with Gasteiger partial charge in [0.25, 0.3) is 0 Å². The molecule has 0 unspecified atom stereocenters. The van der Waals surface area contributed by atoms with Crippen LogP contribution in [0.2, 0.25) is 0 Å². The van der Waals surface area contributed by atoms with E-state index >= 15 is 0 Å². The number of ketones is 2. The summed E-state index contributed by atoms with van der Waals surface area (Å²) in [6.45, 7) is 5.20. The molecule has 1 aliphatic carbocycles. The zero-order chi connectivity index (χ0) is 18.9. The molecule has 0 atom stereocenters. The fourth-order valence-corrected chi connectivity index (χ4v) is 2.85. The molecule has 1 aliphatic rings. The molecule has 0 aromatic heterocycles. The molecule has 0 saturated heterocycles. The van der Waals surface area contributed by atoms with Crippen LogP contribution >= 0.6 is 0 Å². The SMILES string of the molecule is CCN(CCCN=C1CC(=O)C(OC)=CC1=O)Cc1ccccc1OC. The largest absolute Gasteiger partial charge is 0.496 e. The van der Waals surface area contributed by atoms with Crippen molar-refractivity contribution in [3.63, 3.8) is 0 Å². The molecule has 26 heavy (non-hydrogen) atoms. The Morgan fingerprint density at radius 3 is 2.62 bits per heavy atom. The van der Waals surface area contributed by atoms with Crippen LogP contribution in [0.3, 0.4) is 0 Å². The molecule has 6 heteroatoms. The molecule has 0 saturated carbocycles. The maximum absolute atomic E-state index is 11.9. The second-order valence-corrected chi connectivity index (χ2v) is 6.04. The number of methoxy groups -OCH3 is 2. The van der Waals surface area contributed by atoms with Gasteiger partial charge >= 0.3 is 0 Å². The van der Waals surface area contributed by atoms with Crippen molar-refractivity contribution in [2.75, 3.05) is 33.9 Å². The van der Waals surface area contributed by atoms with Gasteiger partial charge in [-0.1, -0.05) is 25.1 Å². The molecule has 6 nitrogen and oxygen atoms in total. The quantitative estimate of drug-likeness (QED) is 0.634. The van der Waals surface area contributed by atoms with Gasteiger partial charge in [0.2, 0.25) is 11.6 Å². The Balaban J connectivity index is 1.87. The summed E-state index contributed by atoms with van der Waals surface area (Å²) in [7, 11) is 3.07. The lowest BCUT2D eigenvalue weighted by molar-refractivity contribution is -0.119. The molecule has 140 valence electrons. The average molecular weight is 358 g/mol. The molecule has 0 aliphatic heterocycles. The molecule has 0 heterocycles. The van der Waals surface area contributed by atoms with Gasteiger partial charge in [-0.25, -0.2) is 0 Å². The van der Waals surface area contributed by atoms with Crippen LogP contribution in [0.5, 0.6) is 5.75 Å². The molecule has 0 N–H and O–H groups in total. The highest BCUT2D eigenvalue weighted by molar-refractivity contribution is 6.49. The molecule has 0 amide bonds. The zero-order valence-corrected chi connectivity index (χ0v) is 15.7. The number of hydrogen-bond acceptors (Lipinski definition) is 6. The number of nitrogens with zero attached hydrogens (tertiary/aromatic N) is 2. The molecular formula is C20H26N2O4. The van der Waals surface area contributed by atoms with Gasteiger partial charge in [0.15, 0.2) is 5.76 Å². The van der Waals surface area contributed by atoms with E-state index in [4.69, 9.17) is 9.47 Å². The summed E-state index contributed by atoms with van der Waals surface area (Å²) >= 11 is 0. The van der Waals surface area contributed by atoms with Gasteiger partial charge in [-0.15, -0.1) is 0 Å². The number of carbonyl (C=O) groups is 2. The number of rotatable bonds is 9. The Bertz CT molecular complexity index is 710. The van der Waals surface area contributed by atoms with Crippen LogP contribution in [0.4, 0.5) is 0 Å². The molecule has 1 aromatic carbocycles. The first-order chi connectivity index (χ1) is 12.6. The highest BCUT2D eigenvalue weighted by atomic mass is 16.5. The molecule has 1 aromatic rings. The lowest BCUT2D eigenvalue weighted by Gasteiger charge is -2.21. The second-order valence-electron chi connectivity index (χ2n) is 6.04. The Morgan fingerprint density at radius 1 is 1.15 bits per heavy atom. The van der Waals surface area contributed by atoms with E-state index in [1.54, 1.807) is 7.11 Å². The van der Waals surface area contributed by atoms with Crippen LogP contribution in [0.25, 0.3) is 0 Å². The van der Waals surface area contributed by atoms with Gasteiger partial charge in [0, 0.05) is 31.3 Å². The fourth-order valence-electron chi connectivity index (χ4n) is 2.85. The highest BCUT2D eigenvalue weighted by Crippen LogP contribution is 2.19. The van der Waals surface area contributed by atoms with Crippen LogP contribution in [0, 0.1) is 0 Å². The number of benzene rings is 1. The van der Waals surface area contributed by atoms with Crippen molar-refractivity contribution in [2.45, 2.75) is 26.3 Å². The summed E-state index contributed by atoms with van der Waals surface area (Å²) in [5.41, 5.74) is 1.47. The normalized spacial score (nSPS) is 16.2. The Labute approximate surface area is 154 Å². The smallest absolute Gasteiger partial charge is 0.203 e. The first-order valence-corrected chi connectivity index (χ1v) is 8.79. The minimum absolute atomic E-state index is 0.0250. The third-order valence-corrected chi connectivity index (χ3v) is 4.34. The summed E-state index contributed by atoms with van der Waals surface area (Å²) in [5, 5.41) is 0. The lowest BCUT2D eigenvalue weighted by Crippen LogP contribution is -2.26. The Kier molecular flexibility index (Phi) is 7.53. The molecule has 0 radical (unpaired) electrons. The van der Waals surface area contributed by atoms with Crippen LogP contribution in [-0.4, -0.2) is 56.0 Å².